The predicted molar refractivity (Wildman–Crippen MR) is 102 cm³/mol. The number of benzene rings is 1. The molecule has 0 radical (unpaired) electrons. The van der Waals surface area contributed by atoms with Crippen LogP contribution in [0.4, 0.5) is 5.69 Å². The van der Waals surface area contributed by atoms with Gasteiger partial charge in [-0.15, -0.1) is 11.3 Å². The van der Waals surface area contributed by atoms with Crippen LogP contribution in [0.15, 0.2) is 68.8 Å². The first-order chi connectivity index (χ1) is 12.9. The van der Waals surface area contributed by atoms with Crippen molar-refractivity contribution in [3.8, 4) is 0 Å². The number of carbonyl (C=O) groups excluding carboxylic acids is 1. The lowest BCUT2D eigenvalue weighted by Gasteiger charge is -2.10. The quantitative estimate of drug-likeness (QED) is 0.533. The van der Waals surface area contributed by atoms with Crippen molar-refractivity contribution < 1.29 is 22.7 Å². The molecule has 0 aliphatic rings. The standard InChI is InChI=1S/C18H18N2O5S2/c21-15(16-3-1-9-25-16)12-19-17(22)11-13-5-7-14(8-6-13)20-27(23,24)18-4-2-10-26-18/h1-10,15,20-21H,11-12H2,(H,19,22). The second-order valence-electron chi connectivity index (χ2n) is 5.75. The Balaban J connectivity index is 1.52. The molecule has 1 atom stereocenters. The van der Waals surface area contributed by atoms with E-state index in [1.54, 1.807) is 47.8 Å². The van der Waals surface area contributed by atoms with Gasteiger partial charge in [0.05, 0.1) is 19.2 Å². The molecule has 3 N–H and O–H groups in total. The first kappa shape index (κ1) is 19.2. The Morgan fingerprint density at radius 3 is 2.56 bits per heavy atom. The molecule has 0 fully saturated rings. The molecular weight excluding hydrogens is 388 g/mol. The number of rotatable bonds is 8. The topological polar surface area (TPSA) is 109 Å². The molecular formula is C18H18N2O5S2. The molecule has 2 heterocycles. The number of amides is 1. The number of hydrogen-bond donors (Lipinski definition) is 3. The van der Waals surface area contributed by atoms with Crippen LogP contribution < -0.4 is 10.0 Å². The summed E-state index contributed by atoms with van der Waals surface area (Å²) in [5, 5.41) is 14.2. The number of anilines is 1. The lowest BCUT2D eigenvalue weighted by Crippen LogP contribution is -2.29. The van der Waals surface area contributed by atoms with Gasteiger partial charge in [-0.2, -0.15) is 0 Å². The second kappa shape index (κ2) is 8.38. The van der Waals surface area contributed by atoms with Crippen molar-refractivity contribution in [2.75, 3.05) is 11.3 Å². The Bertz CT molecular complexity index is 965. The minimum Gasteiger partial charge on any atom is -0.467 e. The molecule has 0 saturated heterocycles. The van der Waals surface area contributed by atoms with Crippen molar-refractivity contribution in [2.45, 2.75) is 16.7 Å². The molecule has 142 valence electrons. The highest BCUT2D eigenvalue weighted by Gasteiger charge is 2.15. The smallest absolute Gasteiger partial charge is 0.271 e. The zero-order valence-electron chi connectivity index (χ0n) is 14.2. The molecule has 0 spiro atoms. The number of hydrogen-bond acceptors (Lipinski definition) is 6. The summed E-state index contributed by atoms with van der Waals surface area (Å²) < 4.78 is 32.2. The summed E-state index contributed by atoms with van der Waals surface area (Å²) in [6, 6.07) is 13.1. The van der Waals surface area contributed by atoms with Crippen LogP contribution in [0.5, 0.6) is 0 Å². The predicted octanol–water partition coefficient (Wildman–Crippen LogP) is 2.53. The van der Waals surface area contributed by atoms with Crippen LogP contribution in [-0.4, -0.2) is 26.0 Å². The fourth-order valence-corrected chi connectivity index (χ4v) is 4.40. The van der Waals surface area contributed by atoms with Gasteiger partial charge in [0.15, 0.2) is 0 Å². The normalized spacial score (nSPS) is 12.5. The summed E-state index contributed by atoms with van der Waals surface area (Å²) in [6.07, 6.45) is 0.662. The van der Waals surface area contributed by atoms with Crippen LogP contribution in [0.3, 0.4) is 0 Å². The van der Waals surface area contributed by atoms with Gasteiger partial charge in [0.25, 0.3) is 10.0 Å². The summed E-state index contributed by atoms with van der Waals surface area (Å²) in [4.78, 5) is 12.0. The van der Waals surface area contributed by atoms with Crippen LogP contribution in [0.25, 0.3) is 0 Å². The van der Waals surface area contributed by atoms with Crippen LogP contribution in [0, 0.1) is 0 Å². The second-order valence-corrected chi connectivity index (χ2v) is 8.60. The van der Waals surface area contributed by atoms with Crippen LogP contribution in [0.2, 0.25) is 0 Å². The number of furan rings is 1. The Morgan fingerprint density at radius 1 is 1.15 bits per heavy atom. The molecule has 9 heteroatoms. The van der Waals surface area contributed by atoms with Crippen molar-refractivity contribution in [2.24, 2.45) is 0 Å². The summed E-state index contributed by atoms with van der Waals surface area (Å²) in [5.41, 5.74) is 1.14. The highest BCUT2D eigenvalue weighted by Crippen LogP contribution is 2.20. The summed E-state index contributed by atoms with van der Waals surface area (Å²) in [7, 11) is -3.59. The lowest BCUT2D eigenvalue weighted by atomic mass is 10.1. The van der Waals surface area contributed by atoms with Crippen molar-refractivity contribution >= 4 is 33.0 Å². The van der Waals surface area contributed by atoms with E-state index in [0.29, 0.717) is 11.4 Å². The van der Waals surface area contributed by atoms with E-state index >= 15 is 0 Å². The van der Waals surface area contributed by atoms with Gasteiger partial charge >= 0.3 is 0 Å². The van der Waals surface area contributed by atoms with Gasteiger partial charge in [-0.05, 0) is 41.3 Å². The highest BCUT2D eigenvalue weighted by atomic mass is 32.2. The number of sulfonamides is 1. The monoisotopic (exact) mass is 406 g/mol. The molecule has 1 aromatic carbocycles. The number of thiophene rings is 1. The van der Waals surface area contributed by atoms with E-state index in [1.807, 2.05) is 0 Å². The van der Waals surface area contributed by atoms with Crippen molar-refractivity contribution in [3.63, 3.8) is 0 Å². The summed E-state index contributed by atoms with van der Waals surface area (Å²) >= 11 is 1.14. The zero-order chi connectivity index (χ0) is 19.3. The van der Waals surface area contributed by atoms with Gasteiger partial charge in [0, 0.05) is 5.69 Å². The largest absolute Gasteiger partial charge is 0.467 e. The summed E-state index contributed by atoms with van der Waals surface area (Å²) in [6.45, 7) is 0.0467. The SMILES string of the molecule is O=C(Cc1ccc(NS(=O)(=O)c2cccs2)cc1)NCC(O)c1ccco1. The molecule has 2 aromatic heterocycles. The van der Waals surface area contributed by atoms with E-state index in [9.17, 15) is 18.3 Å². The Morgan fingerprint density at radius 2 is 1.93 bits per heavy atom. The van der Waals surface area contributed by atoms with Gasteiger partial charge < -0.3 is 14.8 Å². The van der Waals surface area contributed by atoms with Crippen LogP contribution in [0.1, 0.15) is 17.4 Å². The molecule has 3 rings (SSSR count). The Labute approximate surface area is 160 Å². The first-order valence-electron chi connectivity index (χ1n) is 8.07. The van der Waals surface area contributed by atoms with E-state index in [-0.39, 0.29) is 23.1 Å². The van der Waals surface area contributed by atoms with Crippen molar-refractivity contribution in [3.05, 3.63) is 71.5 Å². The first-order valence-corrected chi connectivity index (χ1v) is 10.4. The maximum Gasteiger partial charge on any atom is 0.271 e. The Hall–Kier alpha value is -2.62. The maximum absolute atomic E-state index is 12.2. The molecule has 1 unspecified atom stereocenters. The van der Waals surface area contributed by atoms with E-state index in [0.717, 1.165) is 16.9 Å². The molecule has 0 aliphatic carbocycles. The molecule has 0 aliphatic heterocycles. The van der Waals surface area contributed by atoms with E-state index in [1.165, 1.54) is 12.3 Å². The minimum absolute atomic E-state index is 0.0467. The number of nitrogens with one attached hydrogen (secondary N) is 2. The molecule has 7 nitrogen and oxygen atoms in total. The maximum atomic E-state index is 12.2. The molecule has 27 heavy (non-hydrogen) atoms. The van der Waals surface area contributed by atoms with Gasteiger partial charge in [0.1, 0.15) is 16.1 Å². The van der Waals surface area contributed by atoms with E-state index in [4.69, 9.17) is 4.42 Å². The fraction of sp³-hybridized carbons (Fsp3) is 0.167. The molecule has 0 saturated carbocycles. The van der Waals surface area contributed by atoms with Gasteiger partial charge in [0.2, 0.25) is 5.91 Å². The van der Waals surface area contributed by atoms with Crippen LogP contribution >= 0.6 is 11.3 Å². The van der Waals surface area contributed by atoms with E-state index in [2.05, 4.69) is 10.0 Å². The average Bonchev–Trinajstić information content (AvgIpc) is 3.35. The lowest BCUT2D eigenvalue weighted by molar-refractivity contribution is -0.120. The zero-order valence-corrected chi connectivity index (χ0v) is 15.8. The molecule has 0 bridgehead atoms. The Kier molecular flexibility index (Phi) is 5.94. The van der Waals surface area contributed by atoms with Crippen molar-refractivity contribution in [1.29, 1.82) is 0 Å². The third-order valence-corrected chi connectivity index (χ3v) is 6.47. The summed E-state index contributed by atoms with van der Waals surface area (Å²) in [5.74, 6) is 0.130. The average molecular weight is 406 g/mol. The third-order valence-electron chi connectivity index (χ3n) is 3.69. The minimum atomic E-state index is -3.59. The molecule has 1 amide bonds. The van der Waals surface area contributed by atoms with Crippen molar-refractivity contribution in [1.82, 2.24) is 5.32 Å². The van der Waals surface area contributed by atoms with Gasteiger partial charge in [-0.25, -0.2) is 8.42 Å². The number of carbonyl (C=O) groups is 1. The number of aliphatic hydroxyl groups is 1. The van der Waals surface area contributed by atoms with Gasteiger partial charge in [-0.1, -0.05) is 18.2 Å². The fourth-order valence-electron chi connectivity index (χ4n) is 2.35. The van der Waals surface area contributed by atoms with E-state index < -0.39 is 16.1 Å². The van der Waals surface area contributed by atoms with Gasteiger partial charge in [-0.3, -0.25) is 9.52 Å². The van der Waals surface area contributed by atoms with Crippen LogP contribution in [-0.2, 0) is 21.2 Å². The molecule has 3 aromatic rings. The number of aliphatic hydroxyl groups excluding tert-OH is 1. The third kappa shape index (κ3) is 5.19. The highest BCUT2D eigenvalue weighted by molar-refractivity contribution is 7.94.